The zero-order valence-electron chi connectivity index (χ0n) is 14.4. The van der Waals surface area contributed by atoms with Crippen LogP contribution in [-0.2, 0) is 0 Å². The van der Waals surface area contributed by atoms with Crippen molar-refractivity contribution in [1.29, 1.82) is 0 Å². The van der Waals surface area contributed by atoms with Gasteiger partial charge in [0, 0.05) is 12.4 Å². The highest BCUT2D eigenvalue weighted by molar-refractivity contribution is 7.81. The van der Waals surface area contributed by atoms with Crippen LogP contribution in [0.5, 0.6) is 0 Å². The van der Waals surface area contributed by atoms with E-state index in [2.05, 4.69) is 69.8 Å². The third-order valence-electron chi connectivity index (χ3n) is 5.02. The minimum atomic E-state index is -0.835. The number of aliphatic hydroxyl groups is 1. The first kappa shape index (κ1) is 17.4. The molecule has 122 valence electrons. The molecule has 0 spiro atoms. The standard InChI is InChI=1S/C19H29NOS/c1-6-16-9-13(2)10-17(14(3)11-16)12-20-8-7-18(22)19(5,21)15(20)4/h7-9,11-12,14-15,18,21-22H,6,10H2,1-5H3. The van der Waals surface area contributed by atoms with Gasteiger partial charge in [0.25, 0.3) is 0 Å². The van der Waals surface area contributed by atoms with Crippen LogP contribution in [0.3, 0.4) is 0 Å². The quantitative estimate of drug-likeness (QED) is 0.734. The van der Waals surface area contributed by atoms with Crippen molar-refractivity contribution in [3.63, 3.8) is 0 Å². The fourth-order valence-corrected chi connectivity index (χ4v) is 3.40. The topological polar surface area (TPSA) is 23.5 Å². The maximum atomic E-state index is 10.6. The lowest BCUT2D eigenvalue weighted by Gasteiger charge is -2.43. The van der Waals surface area contributed by atoms with Crippen LogP contribution in [0.2, 0.25) is 0 Å². The van der Waals surface area contributed by atoms with E-state index < -0.39 is 5.60 Å². The van der Waals surface area contributed by atoms with E-state index in [-0.39, 0.29) is 11.3 Å². The van der Waals surface area contributed by atoms with Crippen molar-refractivity contribution in [2.45, 2.75) is 64.4 Å². The molecule has 0 saturated heterocycles. The maximum absolute atomic E-state index is 10.6. The smallest absolute Gasteiger partial charge is 0.0973 e. The lowest BCUT2D eigenvalue weighted by molar-refractivity contribution is 0.000918. The van der Waals surface area contributed by atoms with Gasteiger partial charge in [-0.2, -0.15) is 12.6 Å². The highest BCUT2D eigenvalue weighted by Gasteiger charge is 2.39. The molecule has 0 bridgehead atoms. The van der Waals surface area contributed by atoms with E-state index in [9.17, 15) is 5.11 Å². The van der Waals surface area contributed by atoms with Crippen molar-refractivity contribution in [1.82, 2.24) is 4.90 Å². The second-order valence-electron chi connectivity index (χ2n) is 6.89. The Morgan fingerprint density at radius 3 is 2.77 bits per heavy atom. The van der Waals surface area contributed by atoms with Gasteiger partial charge in [0.2, 0.25) is 0 Å². The van der Waals surface area contributed by atoms with Crippen molar-refractivity contribution < 1.29 is 5.11 Å². The molecule has 1 N–H and O–H groups in total. The third kappa shape index (κ3) is 3.52. The Kier molecular flexibility index (Phi) is 5.29. The van der Waals surface area contributed by atoms with Gasteiger partial charge in [0.1, 0.15) is 0 Å². The van der Waals surface area contributed by atoms with Crippen LogP contribution in [0, 0.1) is 5.92 Å². The molecule has 22 heavy (non-hydrogen) atoms. The minimum absolute atomic E-state index is 0.00173. The third-order valence-corrected chi connectivity index (χ3v) is 5.71. The Bertz CT molecular complexity index is 542. The largest absolute Gasteiger partial charge is 0.387 e. The second kappa shape index (κ2) is 6.67. The number of hydrogen-bond acceptors (Lipinski definition) is 3. The lowest BCUT2D eigenvalue weighted by Crippen LogP contribution is -2.53. The monoisotopic (exact) mass is 319 g/mol. The van der Waals surface area contributed by atoms with Crippen LogP contribution in [0.4, 0.5) is 0 Å². The summed E-state index contributed by atoms with van der Waals surface area (Å²) in [5.74, 6) is 0.419. The maximum Gasteiger partial charge on any atom is 0.0973 e. The van der Waals surface area contributed by atoms with Crippen LogP contribution in [0.1, 0.15) is 47.5 Å². The minimum Gasteiger partial charge on any atom is -0.387 e. The summed E-state index contributed by atoms with van der Waals surface area (Å²) < 4.78 is 0. The predicted octanol–water partition coefficient (Wildman–Crippen LogP) is 4.46. The van der Waals surface area contributed by atoms with Crippen LogP contribution < -0.4 is 0 Å². The van der Waals surface area contributed by atoms with Gasteiger partial charge < -0.3 is 10.0 Å². The summed E-state index contributed by atoms with van der Waals surface area (Å²) >= 11 is 4.48. The zero-order valence-corrected chi connectivity index (χ0v) is 15.3. The predicted molar refractivity (Wildman–Crippen MR) is 97.8 cm³/mol. The van der Waals surface area contributed by atoms with E-state index in [1.165, 1.54) is 16.7 Å². The number of nitrogens with zero attached hydrogens (tertiary/aromatic N) is 1. The van der Waals surface area contributed by atoms with E-state index in [1.807, 2.05) is 13.0 Å². The molecule has 0 fully saturated rings. The molecule has 1 aliphatic carbocycles. The van der Waals surface area contributed by atoms with Gasteiger partial charge in [-0.1, -0.05) is 43.2 Å². The number of allylic oxidation sites excluding steroid dienone is 5. The molecule has 4 unspecified atom stereocenters. The van der Waals surface area contributed by atoms with Crippen LogP contribution in [0.15, 0.2) is 47.3 Å². The summed E-state index contributed by atoms with van der Waals surface area (Å²) in [5.41, 5.74) is 3.37. The molecule has 2 aliphatic rings. The average Bonchev–Trinajstić information content (AvgIpc) is 2.59. The molecule has 4 atom stereocenters. The fourth-order valence-electron chi connectivity index (χ4n) is 3.11. The summed E-state index contributed by atoms with van der Waals surface area (Å²) in [4.78, 5) is 2.14. The van der Waals surface area contributed by atoms with Gasteiger partial charge in [-0.25, -0.2) is 0 Å². The first-order chi connectivity index (χ1) is 10.3. The summed E-state index contributed by atoms with van der Waals surface area (Å²) in [5, 5.41) is 10.5. The van der Waals surface area contributed by atoms with E-state index in [4.69, 9.17) is 0 Å². The van der Waals surface area contributed by atoms with Crippen molar-refractivity contribution >= 4 is 12.6 Å². The Morgan fingerprint density at radius 2 is 2.14 bits per heavy atom. The molecular formula is C19H29NOS. The Morgan fingerprint density at radius 1 is 1.45 bits per heavy atom. The molecule has 2 nitrogen and oxygen atoms in total. The van der Waals surface area contributed by atoms with Crippen LogP contribution >= 0.6 is 12.6 Å². The molecule has 1 aliphatic heterocycles. The molecule has 2 rings (SSSR count). The highest BCUT2D eigenvalue weighted by atomic mass is 32.1. The fraction of sp³-hybridized carbons (Fsp3) is 0.579. The Labute approximate surface area is 140 Å². The second-order valence-corrected chi connectivity index (χ2v) is 7.45. The number of thiol groups is 1. The Balaban J connectivity index is 2.31. The molecule has 3 heteroatoms. The average molecular weight is 320 g/mol. The molecule has 0 saturated carbocycles. The summed E-state index contributed by atoms with van der Waals surface area (Å²) in [6.07, 6.45) is 13.0. The first-order valence-electron chi connectivity index (χ1n) is 8.20. The lowest BCUT2D eigenvalue weighted by atomic mass is 9.89. The normalized spacial score (nSPS) is 37.9. The van der Waals surface area contributed by atoms with Gasteiger partial charge in [-0.3, -0.25) is 0 Å². The van der Waals surface area contributed by atoms with Gasteiger partial charge in [-0.05, 0) is 45.1 Å². The molecule has 1 heterocycles. The number of rotatable bonds is 2. The molecule has 0 radical (unpaired) electrons. The molecule has 0 aromatic carbocycles. The SMILES string of the molecule is CCC1=CC(C)C(=CN2C=CC(S)C(C)(O)C2C)CC(C)=C1. The van der Waals surface area contributed by atoms with Crippen LogP contribution in [-0.4, -0.2) is 26.9 Å². The van der Waals surface area contributed by atoms with E-state index in [1.54, 1.807) is 0 Å². The summed E-state index contributed by atoms with van der Waals surface area (Å²) in [7, 11) is 0. The zero-order chi connectivity index (χ0) is 16.5. The first-order valence-corrected chi connectivity index (χ1v) is 8.72. The molecule has 0 aromatic heterocycles. The van der Waals surface area contributed by atoms with Crippen molar-refractivity contribution in [2.75, 3.05) is 0 Å². The van der Waals surface area contributed by atoms with Gasteiger partial charge in [-0.15, -0.1) is 0 Å². The van der Waals surface area contributed by atoms with E-state index in [0.29, 0.717) is 5.92 Å². The number of hydrogen-bond donors (Lipinski definition) is 2. The van der Waals surface area contributed by atoms with E-state index >= 15 is 0 Å². The van der Waals surface area contributed by atoms with Crippen molar-refractivity contribution in [3.05, 3.63) is 47.3 Å². The Hall–Kier alpha value is -0.930. The molecular weight excluding hydrogens is 290 g/mol. The van der Waals surface area contributed by atoms with Crippen molar-refractivity contribution in [3.8, 4) is 0 Å². The van der Waals surface area contributed by atoms with Crippen LogP contribution in [0.25, 0.3) is 0 Å². The van der Waals surface area contributed by atoms with Gasteiger partial charge in [0.05, 0.1) is 16.9 Å². The highest BCUT2D eigenvalue weighted by Crippen LogP contribution is 2.33. The van der Waals surface area contributed by atoms with Crippen molar-refractivity contribution in [2.24, 2.45) is 5.92 Å². The van der Waals surface area contributed by atoms with Gasteiger partial charge in [0.15, 0.2) is 0 Å². The molecule has 0 aromatic rings. The van der Waals surface area contributed by atoms with Gasteiger partial charge >= 0.3 is 0 Å². The van der Waals surface area contributed by atoms with E-state index in [0.717, 1.165) is 12.8 Å². The molecule has 0 amide bonds. The summed E-state index contributed by atoms with van der Waals surface area (Å²) in [6.45, 7) is 10.6. The summed E-state index contributed by atoms with van der Waals surface area (Å²) in [6, 6.07) is 0.00173.